The summed E-state index contributed by atoms with van der Waals surface area (Å²) in [6.07, 6.45) is 1.61. The van der Waals surface area contributed by atoms with Crippen LogP contribution in [0, 0.1) is 0 Å². The van der Waals surface area contributed by atoms with E-state index in [1.165, 1.54) is 0 Å². The molecule has 3 rings (SSSR count). The molecule has 1 aromatic carbocycles. The van der Waals surface area contributed by atoms with Crippen LogP contribution in [0.2, 0.25) is 0 Å². The summed E-state index contributed by atoms with van der Waals surface area (Å²) in [6.45, 7) is 0. The first-order chi connectivity index (χ1) is 8.25. The number of nitrogens with zero attached hydrogens (tertiary/aromatic N) is 1. The second-order valence-corrected chi connectivity index (χ2v) is 4.32. The molecule has 84 valence electrons. The molecule has 0 saturated carbocycles. The minimum absolute atomic E-state index is 0.237. The summed E-state index contributed by atoms with van der Waals surface area (Å²) >= 11 is 0.983. The predicted octanol–water partition coefficient (Wildman–Crippen LogP) is 3.25. The van der Waals surface area contributed by atoms with Crippen molar-refractivity contribution in [3.63, 3.8) is 0 Å². The van der Waals surface area contributed by atoms with E-state index in [4.69, 9.17) is 9.52 Å². The number of fused-ring (bicyclic) bond motifs is 1. The smallest absolute Gasteiger partial charge is 0.347 e. The van der Waals surface area contributed by atoms with Crippen LogP contribution in [0.25, 0.3) is 22.2 Å². The Balaban J connectivity index is 2.19. The fourth-order valence-electron chi connectivity index (χ4n) is 1.72. The molecular weight excluding hydrogens is 238 g/mol. The van der Waals surface area contributed by atoms with Gasteiger partial charge in [0.15, 0.2) is 0 Å². The standard InChI is InChI=1S/C12H7NO3S/c14-12(15)11-6-9(13-17-11)7-2-1-3-10-8(7)4-5-16-10/h1-6H,(H,14,15). The molecule has 1 N–H and O–H groups in total. The number of hydrogen-bond donors (Lipinski definition) is 1. The van der Waals surface area contributed by atoms with Gasteiger partial charge in [-0.3, -0.25) is 0 Å². The van der Waals surface area contributed by atoms with Gasteiger partial charge in [-0.15, -0.1) is 0 Å². The molecule has 0 saturated heterocycles. The van der Waals surface area contributed by atoms with Crippen molar-refractivity contribution in [3.8, 4) is 11.3 Å². The van der Waals surface area contributed by atoms with Crippen LogP contribution >= 0.6 is 11.5 Å². The summed E-state index contributed by atoms with van der Waals surface area (Å²) in [4.78, 5) is 11.0. The molecule has 0 unspecified atom stereocenters. The molecule has 0 fully saturated rings. The van der Waals surface area contributed by atoms with Crippen molar-refractivity contribution in [2.24, 2.45) is 0 Å². The normalized spacial score (nSPS) is 10.8. The van der Waals surface area contributed by atoms with Gasteiger partial charge in [-0.1, -0.05) is 12.1 Å². The third-order valence-corrected chi connectivity index (χ3v) is 3.27. The number of furan rings is 1. The van der Waals surface area contributed by atoms with Crippen LogP contribution in [0.1, 0.15) is 9.67 Å². The molecular formula is C12H7NO3S. The Morgan fingerprint density at radius 2 is 2.24 bits per heavy atom. The van der Waals surface area contributed by atoms with Crippen molar-refractivity contribution < 1.29 is 14.3 Å². The number of benzene rings is 1. The Morgan fingerprint density at radius 1 is 1.35 bits per heavy atom. The van der Waals surface area contributed by atoms with Crippen LogP contribution < -0.4 is 0 Å². The summed E-state index contributed by atoms with van der Waals surface area (Å²) in [6, 6.07) is 9.06. The number of carbonyl (C=O) groups is 1. The molecule has 2 heterocycles. The first kappa shape index (κ1) is 10.0. The Bertz CT molecular complexity index is 698. The van der Waals surface area contributed by atoms with E-state index in [2.05, 4.69) is 4.37 Å². The highest BCUT2D eigenvalue weighted by Crippen LogP contribution is 2.30. The van der Waals surface area contributed by atoms with Crippen LogP contribution in [0.3, 0.4) is 0 Å². The van der Waals surface area contributed by atoms with Crippen molar-refractivity contribution >= 4 is 28.5 Å². The van der Waals surface area contributed by atoms with Crippen molar-refractivity contribution in [1.29, 1.82) is 0 Å². The Labute approximate surface area is 100 Å². The molecule has 5 heteroatoms. The maximum absolute atomic E-state index is 10.8. The van der Waals surface area contributed by atoms with Crippen molar-refractivity contribution in [1.82, 2.24) is 4.37 Å². The molecule has 4 nitrogen and oxygen atoms in total. The fraction of sp³-hybridized carbons (Fsp3) is 0. The lowest BCUT2D eigenvalue weighted by Gasteiger charge is -1.97. The van der Waals surface area contributed by atoms with Crippen molar-refractivity contribution in [2.75, 3.05) is 0 Å². The molecule has 0 radical (unpaired) electrons. The zero-order valence-electron chi connectivity index (χ0n) is 8.58. The van der Waals surface area contributed by atoms with E-state index in [0.717, 1.165) is 28.1 Å². The van der Waals surface area contributed by atoms with Gasteiger partial charge in [0.25, 0.3) is 0 Å². The fourth-order valence-corrected chi connectivity index (χ4v) is 2.31. The van der Waals surface area contributed by atoms with Crippen LogP contribution in [-0.2, 0) is 0 Å². The van der Waals surface area contributed by atoms with E-state index in [1.54, 1.807) is 12.3 Å². The van der Waals surface area contributed by atoms with E-state index in [-0.39, 0.29) is 4.88 Å². The number of aromatic nitrogens is 1. The molecule has 3 aromatic rings. The van der Waals surface area contributed by atoms with E-state index in [9.17, 15) is 4.79 Å². The van der Waals surface area contributed by atoms with Gasteiger partial charge in [0.1, 0.15) is 10.5 Å². The summed E-state index contributed by atoms with van der Waals surface area (Å²) in [5.74, 6) is -0.951. The topological polar surface area (TPSA) is 63.3 Å². The van der Waals surface area contributed by atoms with Gasteiger partial charge in [-0.2, -0.15) is 4.37 Å². The van der Waals surface area contributed by atoms with Crippen LogP contribution in [0.15, 0.2) is 41.0 Å². The molecule has 0 bridgehead atoms. The Kier molecular flexibility index (Phi) is 2.19. The summed E-state index contributed by atoms with van der Waals surface area (Å²) in [5.41, 5.74) is 2.33. The third-order valence-electron chi connectivity index (χ3n) is 2.49. The average molecular weight is 245 g/mol. The number of rotatable bonds is 2. The number of carboxylic acids is 1. The first-order valence-corrected chi connectivity index (χ1v) is 5.69. The van der Waals surface area contributed by atoms with Crippen LogP contribution in [-0.4, -0.2) is 15.4 Å². The maximum Gasteiger partial charge on any atom is 0.347 e. The molecule has 0 aliphatic carbocycles. The molecule has 0 amide bonds. The second kappa shape index (κ2) is 3.71. The lowest BCUT2D eigenvalue weighted by Crippen LogP contribution is -1.89. The van der Waals surface area contributed by atoms with Gasteiger partial charge < -0.3 is 9.52 Å². The highest BCUT2D eigenvalue weighted by Gasteiger charge is 2.12. The second-order valence-electron chi connectivity index (χ2n) is 3.52. The van der Waals surface area contributed by atoms with Crippen molar-refractivity contribution in [3.05, 3.63) is 41.5 Å². The van der Waals surface area contributed by atoms with E-state index < -0.39 is 5.97 Å². The molecule has 0 spiro atoms. The van der Waals surface area contributed by atoms with Gasteiger partial charge in [-0.25, -0.2) is 4.79 Å². The number of aromatic carboxylic acids is 1. The Morgan fingerprint density at radius 3 is 3.00 bits per heavy atom. The minimum atomic E-state index is -0.951. The molecule has 0 aliphatic heterocycles. The molecule has 2 aromatic heterocycles. The van der Waals surface area contributed by atoms with Gasteiger partial charge in [0, 0.05) is 10.9 Å². The van der Waals surface area contributed by atoms with Crippen LogP contribution in [0.5, 0.6) is 0 Å². The van der Waals surface area contributed by atoms with E-state index in [1.807, 2.05) is 24.3 Å². The van der Waals surface area contributed by atoms with E-state index >= 15 is 0 Å². The monoisotopic (exact) mass is 245 g/mol. The highest BCUT2D eigenvalue weighted by atomic mass is 32.1. The lowest BCUT2D eigenvalue weighted by atomic mass is 10.1. The zero-order valence-corrected chi connectivity index (χ0v) is 9.40. The van der Waals surface area contributed by atoms with Crippen molar-refractivity contribution in [2.45, 2.75) is 0 Å². The number of hydrogen-bond acceptors (Lipinski definition) is 4. The third kappa shape index (κ3) is 1.60. The highest BCUT2D eigenvalue weighted by molar-refractivity contribution is 7.08. The number of carboxylic acid groups (broad SMARTS) is 1. The molecule has 0 atom stereocenters. The molecule has 17 heavy (non-hydrogen) atoms. The quantitative estimate of drug-likeness (QED) is 0.752. The SMILES string of the molecule is O=C(O)c1cc(-c2cccc3occc23)ns1. The maximum atomic E-state index is 10.8. The predicted molar refractivity (Wildman–Crippen MR) is 64.3 cm³/mol. The van der Waals surface area contributed by atoms with Gasteiger partial charge >= 0.3 is 5.97 Å². The summed E-state index contributed by atoms with van der Waals surface area (Å²) < 4.78 is 9.45. The largest absolute Gasteiger partial charge is 0.477 e. The first-order valence-electron chi connectivity index (χ1n) is 4.92. The average Bonchev–Trinajstić information content (AvgIpc) is 2.97. The molecule has 0 aliphatic rings. The lowest BCUT2D eigenvalue weighted by molar-refractivity contribution is 0.0702. The van der Waals surface area contributed by atoms with Gasteiger partial charge in [-0.05, 0) is 29.7 Å². The van der Waals surface area contributed by atoms with E-state index in [0.29, 0.717) is 5.69 Å². The van der Waals surface area contributed by atoms with Crippen LogP contribution in [0.4, 0.5) is 0 Å². The van der Waals surface area contributed by atoms with Gasteiger partial charge in [0.05, 0.1) is 12.0 Å². The Hall–Kier alpha value is -2.14. The summed E-state index contributed by atoms with van der Waals surface area (Å²) in [7, 11) is 0. The zero-order chi connectivity index (χ0) is 11.8. The minimum Gasteiger partial charge on any atom is -0.477 e. The summed E-state index contributed by atoms with van der Waals surface area (Å²) in [5, 5.41) is 9.81. The van der Waals surface area contributed by atoms with Gasteiger partial charge in [0.2, 0.25) is 0 Å².